The standard InChI is InChI=1S/C22H23N3O4/c1-27-17-6-8-18(9-7-17)28-15-21(26)25-12-10-19(11-13-25)29-22-20-5-3-2-4-16(20)14-23-24-22/h2-9,14,19H,10-13,15H2,1H3. The molecule has 3 aromatic rings. The molecule has 1 saturated heterocycles. The molecule has 0 unspecified atom stereocenters. The second kappa shape index (κ2) is 8.77. The summed E-state index contributed by atoms with van der Waals surface area (Å²) in [5, 5.41) is 10.1. The predicted octanol–water partition coefficient (Wildman–Crippen LogP) is 3.09. The number of fused-ring (bicyclic) bond motifs is 1. The molecule has 1 amide bonds. The Bertz CT molecular complexity index is 964. The van der Waals surface area contributed by atoms with Crippen LogP contribution in [-0.4, -0.2) is 53.9 Å². The molecule has 2 heterocycles. The molecule has 0 atom stereocenters. The number of hydrogen-bond donors (Lipinski definition) is 0. The number of hydrogen-bond acceptors (Lipinski definition) is 6. The lowest BCUT2D eigenvalue weighted by molar-refractivity contribution is -0.135. The van der Waals surface area contributed by atoms with Crippen LogP contribution in [0, 0.1) is 0 Å². The van der Waals surface area contributed by atoms with Crippen molar-refractivity contribution in [3.05, 3.63) is 54.7 Å². The third-order valence-electron chi connectivity index (χ3n) is 5.03. The van der Waals surface area contributed by atoms with E-state index in [-0.39, 0.29) is 18.6 Å². The molecule has 0 N–H and O–H groups in total. The van der Waals surface area contributed by atoms with Gasteiger partial charge in [-0.3, -0.25) is 4.79 Å². The Kier molecular flexibility index (Phi) is 5.74. The first-order valence-electron chi connectivity index (χ1n) is 9.64. The average molecular weight is 393 g/mol. The van der Waals surface area contributed by atoms with Crippen molar-refractivity contribution in [2.24, 2.45) is 0 Å². The molecule has 150 valence electrons. The van der Waals surface area contributed by atoms with Crippen LogP contribution in [-0.2, 0) is 4.79 Å². The lowest BCUT2D eigenvalue weighted by Crippen LogP contribution is -2.43. The van der Waals surface area contributed by atoms with Crippen LogP contribution in [0.5, 0.6) is 17.4 Å². The van der Waals surface area contributed by atoms with Crippen LogP contribution in [0.2, 0.25) is 0 Å². The van der Waals surface area contributed by atoms with Gasteiger partial charge in [-0.05, 0) is 30.3 Å². The Labute approximate surface area is 169 Å². The summed E-state index contributed by atoms with van der Waals surface area (Å²) in [6, 6.07) is 15.1. The Hall–Kier alpha value is -3.35. The topological polar surface area (TPSA) is 73.8 Å². The van der Waals surface area contributed by atoms with Gasteiger partial charge in [-0.15, -0.1) is 5.10 Å². The molecule has 0 aliphatic carbocycles. The Morgan fingerprint density at radius 2 is 1.79 bits per heavy atom. The number of ether oxygens (including phenoxy) is 3. The minimum Gasteiger partial charge on any atom is -0.497 e. The monoisotopic (exact) mass is 393 g/mol. The summed E-state index contributed by atoms with van der Waals surface area (Å²) < 4.78 is 16.8. The van der Waals surface area contributed by atoms with E-state index in [1.807, 2.05) is 29.2 Å². The van der Waals surface area contributed by atoms with Crippen molar-refractivity contribution in [1.82, 2.24) is 15.1 Å². The fourth-order valence-electron chi connectivity index (χ4n) is 3.38. The van der Waals surface area contributed by atoms with Crippen molar-refractivity contribution in [1.29, 1.82) is 0 Å². The second-order valence-electron chi connectivity index (χ2n) is 6.90. The van der Waals surface area contributed by atoms with E-state index in [0.29, 0.717) is 24.7 Å². The molecule has 1 aliphatic rings. The van der Waals surface area contributed by atoms with Gasteiger partial charge in [0.05, 0.1) is 13.3 Å². The molecule has 0 bridgehead atoms. The molecule has 0 radical (unpaired) electrons. The highest BCUT2D eigenvalue weighted by molar-refractivity contribution is 5.85. The summed E-state index contributed by atoms with van der Waals surface area (Å²) in [6.45, 7) is 1.29. The number of aromatic nitrogens is 2. The van der Waals surface area contributed by atoms with Crippen LogP contribution in [0.3, 0.4) is 0 Å². The van der Waals surface area contributed by atoms with E-state index in [1.54, 1.807) is 37.6 Å². The van der Waals surface area contributed by atoms with Crippen LogP contribution in [0.25, 0.3) is 10.8 Å². The first-order chi connectivity index (χ1) is 14.2. The SMILES string of the molecule is COc1ccc(OCC(=O)N2CCC(Oc3nncc4ccccc34)CC2)cc1. The van der Waals surface area contributed by atoms with Crippen molar-refractivity contribution in [2.75, 3.05) is 26.8 Å². The Balaban J connectivity index is 1.28. The van der Waals surface area contributed by atoms with Crippen LogP contribution in [0.1, 0.15) is 12.8 Å². The number of rotatable bonds is 6. The largest absolute Gasteiger partial charge is 0.497 e. The lowest BCUT2D eigenvalue weighted by Gasteiger charge is -2.32. The maximum Gasteiger partial charge on any atom is 0.260 e. The normalized spacial score (nSPS) is 14.6. The number of amides is 1. The first-order valence-corrected chi connectivity index (χ1v) is 9.64. The van der Waals surface area contributed by atoms with E-state index in [2.05, 4.69) is 10.2 Å². The van der Waals surface area contributed by atoms with Crippen LogP contribution < -0.4 is 14.2 Å². The summed E-state index contributed by atoms with van der Waals surface area (Å²) in [4.78, 5) is 14.3. The zero-order valence-electron chi connectivity index (χ0n) is 16.3. The molecular formula is C22H23N3O4. The molecular weight excluding hydrogens is 370 g/mol. The van der Waals surface area contributed by atoms with Crippen LogP contribution in [0.4, 0.5) is 0 Å². The highest BCUT2D eigenvalue weighted by Gasteiger charge is 2.25. The number of likely N-dealkylation sites (tertiary alicyclic amines) is 1. The summed E-state index contributed by atoms with van der Waals surface area (Å²) in [5.41, 5.74) is 0. The van der Waals surface area contributed by atoms with E-state index >= 15 is 0 Å². The molecule has 7 nitrogen and oxygen atoms in total. The van der Waals surface area contributed by atoms with E-state index in [9.17, 15) is 4.79 Å². The average Bonchev–Trinajstić information content (AvgIpc) is 2.78. The van der Waals surface area contributed by atoms with Gasteiger partial charge < -0.3 is 19.1 Å². The van der Waals surface area contributed by atoms with Gasteiger partial charge in [-0.1, -0.05) is 18.2 Å². The minimum absolute atomic E-state index is 0.0154. The van der Waals surface area contributed by atoms with Gasteiger partial charge in [0.1, 0.15) is 17.6 Å². The smallest absolute Gasteiger partial charge is 0.260 e. The lowest BCUT2D eigenvalue weighted by atomic mass is 10.1. The predicted molar refractivity (Wildman–Crippen MR) is 108 cm³/mol. The zero-order valence-corrected chi connectivity index (χ0v) is 16.3. The van der Waals surface area contributed by atoms with Crippen LogP contribution >= 0.6 is 0 Å². The van der Waals surface area contributed by atoms with Gasteiger partial charge in [0, 0.05) is 36.7 Å². The number of methoxy groups -OCH3 is 1. The highest BCUT2D eigenvalue weighted by atomic mass is 16.5. The van der Waals surface area contributed by atoms with Crippen molar-refractivity contribution in [3.8, 4) is 17.4 Å². The van der Waals surface area contributed by atoms with E-state index in [4.69, 9.17) is 14.2 Å². The fraction of sp³-hybridized carbons (Fsp3) is 0.318. The maximum atomic E-state index is 12.4. The number of carbonyl (C=O) groups is 1. The summed E-state index contributed by atoms with van der Waals surface area (Å²) >= 11 is 0. The molecule has 29 heavy (non-hydrogen) atoms. The Morgan fingerprint density at radius 3 is 2.55 bits per heavy atom. The van der Waals surface area contributed by atoms with Crippen molar-refractivity contribution in [2.45, 2.75) is 18.9 Å². The van der Waals surface area contributed by atoms with Gasteiger partial charge in [0.15, 0.2) is 6.61 Å². The molecule has 0 spiro atoms. The van der Waals surface area contributed by atoms with Gasteiger partial charge in [-0.25, -0.2) is 0 Å². The van der Waals surface area contributed by atoms with Crippen molar-refractivity contribution >= 4 is 16.7 Å². The Morgan fingerprint density at radius 1 is 1.07 bits per heavy atom. The first kappa shape index (κ1) is 19.0. The summed E-state index contributed by atoms with van der Waals surface area (Å²) in [7, 11) is 1.61. The fourth-order valence-corrected chi connectivity index (χ4v) is 3.38. The summed E-state index contributed by atoms with van der Waals surface area (Å²) in [6.07, 6.45) is 3.24. The highest BCUT2D eigenvalue weighted by Crippen LogP contribution is 2.25. The van der Waals surface area contributed by atoms with Gasteiger partial charge in [0.2, 0.25) is 5.88 Å². The van der Waals surface area contributed by atoms with Gasteiger partial charge in [-0.2, -0.15) is 5.10 Å². The number of nitrogens with zero attached hydrogens (tertiary/aromatic N) is 3. The van der Waals surface area contributed by atoms with Crippen LogP contribution in [0.15, 0.2) is 54.7 Å². The third kappa shape index (κ3) is 4.56. The molecule has 2 aromatic carbocycles. The quantitative estimate of drug-likeness (QED) is 0.641. The van der Waals surface area contributed by atoms with Gasteiger partial charge >= 0.3 is 0 Å². The second-order valence-corrected chi connectivity index (χ2v) is 6.90. The van der Waals surface area contributed by atoms with Crippen molar-refractivity contribution in [3.63, 3.8) is 0 Å². The van der Waals surface area contributed by atoms with E-state index < -0.39 is 0 Å². The molecule has 7 heteroatoms. The van der Waals surface area contributed by atoms with E-state index in [0.717, 1.165) is 29.4 Å². The molecule has 0 saturated carbocycles. The minimum atomic E-state index is -0.0239. The van der Waals surface area contributed by atoms with E-state index in [1.165, 1.54) is 0 Å². The molecule has 1 aromatic heterocycles. The number of piperidine rings is 1. The molecule has 1 fully saturated rings. The third-order valence-corrected chi connectivity index (χ3v) is 5.03. The van der Waals surface area contributed by atoms with Gasteiger partial charge in [0.25, 0.3) is 5.91 Å². The number of carbonyl (C=O) groups excluding carboxylic acids is 1. The molecule has 1 aliphatic heterocycles. The number of benzene rings is 2. The van der Waals surface area contributed by atoms with Crippen molar-refractivity contribution < 1.29 is 19.0 Å². The maximum absolute atomic E-state index is 12.4. The zero-order chi connectivity index (χ0) is 20.1. The molecule has 4 rings (SSSR count). The summed E-state index contributed by atoms with van der Waals surface area (Å²) in [5.74, 6) is 1.92.